The van der Waals surface area contributed by atoms with Crippen LogP contribution in [0.15, 0.2) is 42.5 Å². The molecule has 1 atom stereocenters. The van der Waals surface area contributed by atoms with Gasteiger partial charge in [0.1, 0.15) is 11.6 Å². The Morgan fingerprint density at radius 3 is 3.04 bits per heavy atom. The number of anilines is 1. The number of fused-ring (bicyclic) bond motifs is 1. The van der Waals surface area contributed by atoms with Crippen molar-refractivity contribution in [1.29, 1.82) is 0 Å². The fourth-order valence-corrected chi connectivity index (χ4v) is 3.49. The molecule has 2 aromatic carbocycles. The van der Waals surface area contributed by atoms with Gasteiger partial charge >= 0.3 is 6.03 Å². The van der Waals surface area contributed by atoms with Gasteiger partial charge in [-0.3, -0.25) is 0 Å². The van der Waals surface area contributed by atoms with Gasteiger partial charge in [0, 0.05) is 24.7 Å². The van der Waals surface area contributed by atoms with E-state index in [0.29, 0.717) is 18.8 Å². The third-order valence-corrected chi connectivity index (χ3v) is 4.83. The van der Waals surface area contributed by atoms with Gasteiger partial charge in [-0.15, -0.1) is 0 Å². The second-order valence-corrected chi connectivity index (χ2v) is 6.87. The molecule has 1 unspecified atom stereocenters. The predicted molar refractivity (Wildman–Crippen MR) is 99.8 cm³/mol. The number of carbonyl (C=O) groups excluding carboxylic acids is 1. The summed E-state index contributed by atoms with van der Waals surface area (Å²) in [6, 6.07) is 11.9. The number of carbonyl (C=O) groups is 1. The summed E-state index contributed by atoms with van der Waals surface area (Å²) in [5.41, 5.74) is 3.64. The molecule has 0 aliphatic carbocycles. The average Bonchev–Trinajstić information content (AvgIpc) is 3.05. The van der Waals surface area contributed by atoms with Crippen LogP contribution in [0.1, 0.15) is 30.1 Å². The van der Waals surface area contributed by atoms with E-state index in [0.717, 1.165) is 29.7 Å². The molecule has 26 heavy (non-hydrogen) atoms. The first-order valence-electron chi connectivity index (χ1n) is 8.86. The topological polar surface area (TPSA) is 61.0 Å². The Labute approximate surface area is 151 Å². The number of imidazole rings is 1. The lowest BCUT2D eigenvalue weighted by Crippen LogP contribution is -2.41. The number of benzene rings is 2. The van der Waals surface area contributed by atoms with Crippen LogP contribution >= 0.6 is 0 Å². The molecule has 0 saturated carbocycles. The Bertz CT molecular complexity index is 952. The number of likely N-dealkylation sites (tertiary alicyclic amines) is 1. The van der Waals surface area contributed by atoms with Crippen LogP contribution in [0.4, 0.5) is 14.9 Å². The minimum Gasteiger partial charge on any atom is -0.342 e. The molecule has 2 heterocycles. The SMILES string of the molecule is Cc1ccc2nc(C3CCCN(C(=O)Nc4cccc(F)c4)C3)[nH]c2c1. The van der Waals surface area contributed by atoms with E-state index in [1.54, 1.807) is 17.0 Å². The quantitative estimate of drug-likeness (QED) is 0.717. The first-order valence-corrected chi connectivity index (χ1v) is 8.86. The number of halogens is 1. The lowest BCUT2D eigenvalue weighted by molar-refractivity contribution is 0.191. The van der Waals surface area contributed by atoms with Crippen LogP contribution in [0.2, 0.25) is 0 Å². The van der Waals surface area contributed by atoms with E-state index in [1.807, 2.05) is 12.1 Å². The number of rotatable bonds is 2. The van der Waals surface area contributed by atoms with Crippen molar-refractivity contribution >= 4 is 22.8 Å². The van der Waals surface area contributed by atoms with Gasteiger partial charge in [-0.05, 0) is 55.7 Å². The molecule has 2 amide bonds. The third-order valence-electron chi connectivity index (χ3n) is 4.83. The standard InChI is InChI=1S/C20H21FN4O/c1-13-7-8-17-18(10-13)24-19(23-17)14-4-3-9-25(12-14)20(26)22-16-6-2-5-15(21)11-16/h2,5-8,10-11,14H,3-4,9,12H2,1H3,(H,22,26)(H,23,24). The van der Waals surface area contributed by atoms with E-state index in [4.69, 9.17) is 4.98 Å². The maximum Gasteiger partial charge on any atom is 0.321 e. The Balaban J connectivity index is 1.48. The van der Waals surface area contributed by atoms with E-state index >= 15 is 0 Å². The molecule has 0 radical (unpaired) electrons. The highest BCUT2D eigenvalue weighted by Gasteiger charge is 2.27. The highest BCUT2D eigenvalue weighted by molar-refractivity contribution is 5.89. The van der Waals surface area contributed by atoms with Gasteiger partial charge in [-0.2, -0.15) is 0 Å². The zero-order chi connectivity index (χ0) is 18.1. The number of hydrogen-bond donors (Lipinski definition) is 2. The molecule has 0 spiro atoms. The van der Waals surface area contributed by atoms with Crippen molar-refractivity contribution in [1.82, 2.24) is 14.9 Å². The van der Waals surface area contributed by atoms with Gasteiger partial charge in [0.05, 0.1) is 11.0 Å². The molecule has 1 fully saturated rings. The number of urea groups is 1. The fraction of sp³-hybridized carbons (Fsp3) is 0.300. The van der Waals surface area contributed by atoms with Crippen LogP contribution in [0.3, 0.4) is 0 Å². The van der Waals surface area contributed by atoms with Crippen LogP contribution in [-0.2, 0) is 0 Å². The van der Waals surface area contributed by atoms with Crippen LogP contribution < -0.4 is 5.32 Å². The highest BCUT2D eigenvalue weighted by Crippen LogP contribution is 2.27. The minimum absolute atomic E-state index is 0.176. The molecular formula is C20H21FN4O. The van der Waals surface area contributed by atoms with E-state index in [2.05, 4.69) is 23.3 Å². The molecular weight excluding hydrogens is 331 g/mol. The Morgan fingerprint density at radius 1 is 1.31 bits per heavy atom. The summed E-state index contributed by atoms with van der Waals surface area (Å²) in [6.07, 6.45) is 1.90. The molecule has 1 aromatic heterocycles. The summed E-state index contributed by atoms with van der Waals surface area (Å²) in [5, 5.41) is 2.77. The van der Waals surface area contributed by atoms with Crippen LogP contribution in [-0.4, -0.2) is 34.0 Å². The van der Waals surface area contributed by atoms with Crippen molar-refractivity contribution in [2.45, 2.75) is 25.7 Å². The summed E-state index contributed by atoms with van der Waals surface area (Å²) in [4.78, 5) is 22.4. The second-order valence-electron chi connectivity index (χ2n) is 6.87. The summed E-state index contributed by atoms with van der Waals surface area (Å²) < 4.78 is 13.3. The van der Waals surface area contributed by atoms with Crippen molar-refractivity contribution < 1.29 is 9.18 Å². The highest BCUT2D eigenvalue weighted by atomic mass is 19.1. The molecule has 1 aliphatic heterocycles. The number of nitrogens with one attached hydrogen (secondary N) is 2. The lowest BCUT2D eigenvalue weighted by atomic mass is 9.97. The largest absolute Gasteiger partial charge is 0.342 e. The molecule has 2 N–H and O–H groups in total. The smallest absolute Gasteiger partial charge is 0.321 e. The molecule has 1 saturated heterocycles. The van der Waals surface area contributed by atoms with Crippen LogP contribution in [0, 0.1) is 12.7 Å². The summed E-state index contributed by atoms with van der Waals surface area (Å²) >= 11 is 0. The van der Waals surface area contributed by atoms with Gasteiger partial charge in [0.2, 0.25) is 0 Å². The van der Waals surface area contributed by atoms with E-state index in [1.165, 1.54) is 17.7 Å². The van der Waals surface area contributed by atoms with Crippen molar-refractivity contribution in [3.8, 4) is 0 Å². The maximum absolute atomic E-state index is 13.3. The summed E-state index contributed by atoms with van der Waals surface area (Å²) in [5.74, 6) is 0.737. The number of amides is 2. The van der Waals surface area contributed by atoms with Crippen LogP contribution in [0.5, 0.6) is 0 Å². The van der Waals surface area contributed by atoms with Gasteiger partial charge in [0.25, 0.3) is 0 Å². The fourth-order valence-electron chi connectivity index (χ4n) is 3.49. The monoisotopic (exact) mass is 352 g/mol. The number of aromatic amines is 1. The molecule has 5 nitrogen and oxygen atoms in total. The van der Waals surface area contributed by atoms with Crippen molar-refractivity contribution in [2.24, 2.45) is 0 Å². The normalized spacial score (nSPS) is 17.5. The number of piperidine rings is 1. The van der Waals surface area contributed by atoms with E-state index in [9.17, 15) is 9.18 Å². The van der Waals surface area contributed by atoms with Gasteiger partial charge < -0.3 is 15.2 Å². The molecule has 4 rings (SSSR count). The zero-order valence-corrected chi connectivity index (χ0v) is 14.6. The number of hydrogen-bond acceptors (Lipinski definition) is 2. The zero-order valence-electron chi connectivity index (χ0n) is 14.6. The predicted octanol–water partition coefficient (Wildman–Crippen LogP) is 4.42. The van der Waals surface area contributed by atoms with Gasteiger partial charge in [0.15, 0.2) is 0 Å². The number of H-pyrrole nitrogens is 1. The van der Waals surface area contributed by atoms with Crippen molar-refractivity contribution in [3.05, 3.63) is 59.7 Å². The Morgan fingerprint density at radius 2 is 2.19 bits per heavy atom. The summed E-state index contributed by atoms with van der Waals surface area (Å²) in [6.45, 7) is 3.34. The van der Waals surface area contributed by atoms with E-state index in [-0.39, 0.29) is 17.8 Å². The molecule has 1 aliphatic rings. The molecule has 0 bridgehead atoms. The van der Waals surface area contributed by atoms with E-state index < -0.39 is 0 Å². The third kappa shape index (κ3) is 3.40. The first kappa shape index (κ1) is 16.6. The molecule has 6 heteroatoms. The molecule has 3 aromatic rings. The van der Waals surface area contributed by atoms with Crippen molar-refractivity contribution in [3.63, 3.8) is 0 Å². The van der Waals surface area contributed by atoms with Gasteiger partial charge in [-0.1, -0.05) is 12.1 Å². The Kier molecular flexibility index (Phi) is 4.32. The first-order chi connectivity index (χ1) is 12.6. The average molecular weight is 352 g/mol. The van der Waals surface area contributed by atoms with Gasteiger partial charge in [-0.25, -0.2) is 14.2 Å². The van der Waals surface area contributed by atoms with Crippen molar-refractivity contribution in [2.75, 3.05) is 18.4 Å². The number of aryl methyl sites for hydroxylation is 1. The number of aromatic nitrogens is 2. The second kappa shape index (κ2) is 6.78. The Hall–Kier alpha value is -2.89. The molecule has 134 valence electrons. The minimum atomic E-state index is -0.364. The van der Waals surface area contributed by atoms with Crippen LogP contribution in [0.25, 0.3) is 11.0 Å². The maximum atomic E-state index is 13.3. The summed E-state index contributed by atoms with van der Waals surface area (Å²) in [7, 11) is 0. The lowest BCUT2D eigenvalue weighted by Gasteiger charge is -2.31. The number of nitrogens with zero attached hydrogens (tertiary/aromatic N) is 2.